The number of aliphatic hydroxyl groups is 1. The van der Waals surface area contributed by atoms with Crippen LogP contribution in [0.3, 0.4) is 0 Å². The molecule has 0 unspecified atom stereocenters. The van der Waals surface area contributed by atoms with Crippen molar-refractivity contribution in [1.82, 2.24) is 15.5 Å². The third-order valence-electron chi connectivity index (χ3n) is 7.45. The van der Waals surface area contributed by atoms with Gasteiger partial charge < -0.3 is 20.5 Å². The van der Waals surface area contributed by atoms with Gasteiger partial charge in [-0.05, 0) is 72.3 Å². The summed E-state index contributed by atoms with van der Waals surface area (Å²) in [7, 11) is 0. The summed E-state index contributed by atoms with van der Waals surface area (Å²) in [5, 5.41) is 18.1. The highest BCUT2D eigenvalue weighted by Crippen LogP contribution is 2.33. The second kappa shape index (κ2) is 12.2. The third-order valence-corrected chi connectivity index (χ3v) is 7.45. The molecule has 3 N–H and O–H groups in total. The number of carbonyl (C=O) groups excluding carboxylic acids is 2. The lowest BCUT2D eigenvalue weighted by Gasteiger charge is -2.37. The minimum Gasteiger partial charge on any atom is -0.444 e. The van der Waals surface area contributed by atoms with E-state index in [4.69, 9.17) is 4.74 Å². The van der Waals surface area contributed by atoms with Crippen LogP contribution in [0, 0.1) is 5.92 Å². The van der Waals surface area contributed by atoms with Gasteiger partial charge in [0.25, 0.3) is 0 Å². The van der Waals surface area contributed by atoms with Crippen LogP contribution in [-0.4, -0.2) is 63.9 Å². The van der Waals surface area contributed by atoms with Crippen molar-refractivity contribution in [2.45, 2.75) is 122 Å². The van der Waals surface area contributed by atoms with Crippen molar-refractivity contribution in [3.05, 3.63) is 35.9 Å². The molecule has 208 valence electrons. The highest BCUT2D eigenvalue weighted by Gasteiger charge is 2.47. The van der Waals surface area contributed by atoms with Crippen molar-refractivity contribution in [1.29, 1.82) is 0 Å². The lowest BCUT2D eigenvalue weighted by atomic mass is 9.84. The van der Waals surface area contributed by atoms with Gasteiger partial charge in [0, 0.05) is 18.6 Å². The quantitative estimate of drug-likeness (QED) is 0.462. The van der Waals surface area contributed by atoms with E-state index >= 15 is 0 Å². The van der Waals surface area contributed by atoms with E-state index in [0.29, 0.717) is 31.8 Å². The van der Waals surface area contributed by atoms with Crippen molar-refractivity contribution in [2.24, 2.45) is 5.92 Å². The van der Waals surface area contributed by atoms with Gasteiger partial charge >= 0.3 is 6.09 Å². The average molecular weight is 516 g/mol. The fraction of sp³-hybridized carbons (Fsp3) is 0.733. The molecule has 3 atom stereocenters. The highest BCUT2D eigenvalue weighted by atomic mass is 16.6. The van der Waals surface area contributed by atoms with E-state index in [1.807, 2.05) is 71.9 Å². The maximum absolute atomic E-state index is 13.5. The lowest BCUT2D eigenvalue weighted by molar-refractivity contribution is -0.128. The van der Waals surface area contributed by atoms with Gasteiger partial charge in [-0.2, -0.15) is 0 Å². The standard InChI is InChI=1S/C30H49N3O4/c1-28(2,3)32-26(34)24(19-22-13-9-7-10-14-22)33-18-17-30(36,21-33)25(20-23-15-11-8-12-16-23)31-27(35)37-29(4,5)6/h8,11-12,15-16,22,24-25,36H,7,9-10,13-14,17-21H2,1-6H3,(H,31,35)(H,32,34)/t24-,25+,30+/m1/s1. The number of alkyl carbamates (subject to hydrolysis) is 1. The number of ether oxygens (including phenoxy) is 1. The molecule has 1 aliphatic heterocycles. The zero-order valence-electron chi connectivity index (χ0n) is 23.8. The Morgan fingerprint density at radius 3 is 2.32 bits per heavy atom. The smallest absolute Gasteiger partial charge is 0.407 e. The molecule has 0 bridgehead atoms. The molecule has 0 radical (unpaired) electrons. The number of β-amino-alcohol motifs (C(OH)–C–C–N with tert-alkyl or cyclic N) is 1. The molecule has 1 aromatic carbocycles. The molecule has 1 aromatic rings. The lowest BCUT2D eigenvalue weighted by Crippen LogP contribution is -2.58. The van der Waals surface area contributed by atoms with Crippen LogP contribution in [0.4, 0.5) is 4.79 Å². The number of benzene rings is 1. The maximum atomic E-state index is 13.5. The molecule has 7 heteroatoms. The molecule has 0 aromatic heterocycles. The van der Waals surface area contributed by atoms with Gasteiger partial charge in [0.05, 0.1) is 17.7 Å². The minimum absolute atomic E-state index is 0.0297. The Morgan fingerprint density at radius 1 is 1.08 bits per heavy atom. The molecule has 2 amide bonds. The molecule has 1 heterocycles. The van der Waals surface area contributed by atoms with Crippen LogP contribution in [0.1, 0.15) is 92.1 Å². The topological polar surface area (TPSA) is 90.9 Å². The summed E-state index contributed by atoms with van der Waals surface area (Å²) >= 11 is 0. The summed E-state index contributed by atoms with van der Waals surface area (Å²) in [4.78, 5) is 28.4. The third kappa shape index (κ3) is 9.29. The number of nitrogens with one attached hydrogen (secondary N) is 2. The zero-order chi connectivity index (χ0) is 27.3. The van der Waals surface area contributed by atoms with Crippen molar-refractivity contribution in [3.8, 4) is 0 Å². The van der Waals surface area contributed by atoms with Crippen LogP contribution in [0.2, 0.25) is 0 Å². The van der Waals surface area contributed by atoms with Gasteiger partial charge in [0.1, 0.15) is 5.60 Å². The van der Waals surface area contributed by atoms with Gasteiger partial charge in [0.2, 0.25) is 5.91 Å². The van der Waals surface area contributed by atoms with Crippen LogP contribution >= 0.6 is 0 Å². The van der Waals surface area contributed by atoms with E-state index < -0.39 is 23.3 Å². The monoisotopic (exact) mass is 515 g/mol. The first-order valence-corrected chi connectivity index (χ1v) is 14.1. The minimum atomic E-state index is -1.18. The Bertz CT molecular complexity index is 886. The van der Waals surface area contributed by atoms with Gasteiger partial charge in [-0.15, -0.1) is 0 Å². The molecule has 2 fully saturated rings. The average Bonchev–Trinajstić information content (AvgIpc) is 3.19. The Morgan fingerprint density at radius 2 is 1.73 bits per heavy atom. The summed E-state index contributed by atoms with van der Waals surface area (Å²) in [6.07, 6.45) is 7.27. The molecule has 3 rings (SSSR count). The van der Waals surface area contributed by atoms with Crippen molar-refractivity contribution in [3.63, 3.8) is 0 Å². The Hall–Kier alpha value is -2.12. The summed E-state index contributed by atoms with van der Waals surface area (Å²) < 4.78 is 5.54. The second-order valence-electron chi connectivity index (χ2n) is 13.2. The number of rotatable bonds is 8. The summed E-state index contributed by atoms with van der Waals surface area (Å²) in [5.41, 5.74) is -1.12. The predicted molar refractivity (Wildman–Crippen MR) is 147 cm³/mol. The largest absolute Gasteiger partial charge is 0.444 e. The van der Waals surface area contributed by atoms with Crippen LogP contribution < -0.4 is 10.6 Å². The maximum Gasteiger partial charge on any atom is 0.407 e. The van der Waals surface area contributed by atoms with Crippen molar-refractivity contribution >= 4 is 12.0 Å². The molecule has 0 spiro atoms. The van der Waals surface area contributed by atoms with Gasteiger partial charge in [-0.3, -0.25) is 9.69 Å². The van der Waals surface area contributed by atoms with E-state index in [1.54, 1.807) is 0 Å². The molecule has 7 nitrogen and oxygen atoms in total. The van der Waals surface area contributed by atoms with Crippen LogP contribution in [0.25, 0.3) is 0 Å². The fourth-order valence-electron chi connectivity index (χ4n) is 5.69. The molecular formula is C30H49N3O4. The molecular weight excluding hydrogens is 466 g/mol. The first kappa shape index (κ1) is 29.4. The van der Waals surface area contributed by atoms with Gasteiger partial charge in [0.15, 0.2) is 0 Å². The number of amides is 2. The Kier molecular flexibility index (Phi) is 9.68. The first-order valence-electron chi connectivity index (χ1n) is 14.1. The van der Waals surface area contributed by atoms with Gasteiger partial charge in [-0.1, -0.05) is 62.4 Å². The number of hydrogen-bond donors (Lipinski definition) is 3. The number of nitrogens with zero attached hydrogens (tertiary/aromatic N) is 1. The number of likely N-dealkylation sites (tertiary alicyclic amines) is 1. The van der Waals surface area contributed by atoms with Gasteiger partial charge in [-0.25, -0.2) is 4.79 Å². The van der Waals surface area contributed by atoms with Crippen LogP contribution in [-0.2, 0) is 16.0 Å². The predicted octanol–water partition coefficient (Wildman–Crippen LogP) is 4.81. The normalized spacial score (nSPS) is 23.3. The fourth-order valence-corrected chi connectivity index (χ4v) is 5.69. The first-order chi connectivity index (χ1) is 17.2. The summed E-state index contributed by atoms with van der Waals surface area (Å²) in [5.74, 6) is 0.556. The van der Waals surface area contributed by atoms with E-state index in [-0.39, 0.29) is 17.5 Å². The molecule has 37 heavy (non-hydrogen) atoms. The van der Waals surface area contributed by atoms with E-state index in [0.717, 1.165) is 24.8 Å². The summed E-state index contributed by atoms with van der Waals surface area (Å²) in [6, 6.07) is 9.04. The van der Waals surface area contributed by atoms with E-state index in [2.05, 4.69) is 15.5 Å². The summed E-state index contributed by atoms with van der Waals surface area (Å²) in [6.45, 7) is 12.4. The molecule has 1 saturated heterocycles. The Labute approximate surface area is 223 Å². The van der Waals surface area contributed by atoms with Crippen molar-refractivity contribution < 1.29 is 19.4 Å². The molecule has 2 aliphatic rings. The van der Waals surface area contributed by atoms with E-state index in [1.165, 1.54) is 19.3 Å². The number of carbonyl (C=O) groups is 2. The van der Waals surface area contributed by atoms with Crippen LogP contribution in [0.5, 0.6) is 0 Å². The SMILES string of the molecule is CC(C)(C)NC(=O)[C@@H](CC1CCCCC1)N1CC[C@@](O)([C@H](Cc2ccccc2)NC(=O)OC(C)(C)C)C1. The van der Waals surface area contributed by atoms with Crippen LogP contribution in [0.15, 0.2) is 30.3 Å². The van der Waals surface area contributed by atoms with E-state index in [9.17, 15) is 14.7 Å². The Balaban J connectivity index is 1.80. The second-order valence-corrected chi connectivity index (χ2v) is 13.2. The van der Waals surface area contributed by atoms with Crippen molar-refractivity contribution in [2.75, 3.05) is 13.1 Å². The highest BCUT2D eigenvalue weighted by molar-refractivity contribution is 5.82. The number of hydrogen-bond acceptors (Lipinski definition) is 5. The zero-order valence-corrected chi connectivity index (χ0v) is 23.8. The molecule has 1 aliphatic carbocycles. The molecule has 1 saturated carbocycles.